The maximum atomic E-state index is 11.9. The number of carbonyl (C=O) groups is 3. The van der Waals surface area contributed by atoms with E-state index >= 15 is 0 Å². The van der Waals surface area contributed by atoms with E-state index in [1.54, 1.807) is 11.8 Å². The standard InChI is InChI=1S/C12H21N3O5/c1-9(11(18)15-5-2-3-6-15)14-12(19)13-4-7-20-8-10(16)17/h9H,2-8H2,1H3,(H,16,17)(H2,13,14,19). The van der Waals surface area contributed by atoms with Crippen molar-refractivity contribution in [2.45, 2.75) is 25.8 Å². The van der Waals surface area contributed by atoms with Gasteiger partial charge in [0.05, 0.1) is 6.61 Å². The SMILES string of the molecule is CC(NC(=O)NCCOCC(=O)O)C(=O)N1CCCC1. The van der Waals surface area contributed by atoms with Crippen LogP contribution in [0.5, 0.6) is 0 Å². The van der Waals surface area contributed by atoms with Gasteiger partial charge in [0, 0.05) is 19.6 Å². The molecule has 3 amide bonds. The molecule has 114 valence electrons. The highest BCUT2D eigenvalue weighted by molar-refractivity contribution is 5.86. The summed E-state index contributed by atoms with van der Waals surface area (Å²) in [6.07, 6.45) is 2.01. The normalized spacial score (nSPS) is 15.8. The van der Waals surface area contributed by atoms with E-state index < -0.39 is 24.6 Å². The van der Waals surface area contributed by atoms with Crippen LogP contribution in [0.4, 0.5) is 4.79 Å². The molecule has 0 aromatic rings. The van der Waals surface area contributed by atoms with Crippen molar-refractivity contribution in [3.8, 4) is 0 Å². The smallest absolute Gasteiger partial charge is 0.329 e. The second-order valence-corrected chi connectivity index (χ2v) is 4.60. The van der Waals surface area contributed by atoms with Gasteiger partial charge in [-0.25, -0.2) is 9.59 Å². The quantitative estimate of drug-likeness (QED) is 0.542. The first-order chi connectivity index (χ1) is 9.50. The van der Waals surface area contributed by atoms with Gasteiger partial charge in [-0.2, -0.15) is 0 Å². The first kappa shape index (κ1) is 16.2. The Morgan fingerprint density at radius 2 is 1.95 bits per heavy atom. The van der Waals surface area contributed by atoms with Gasteiger partial charge >= 0.3 is 12.0 Å². The fourth-order valence-electron chi connectivity index (χ4n) is 1.92. The van der Waals surface area contributed by atoms with Gasteiger partial charge in [-0.15, -0.1) is 0 Å². The molecule has 0 aromatic heterocycles. The summed E-state index contributed by atoms with van der Waals surface area (Å²) in [4.78, 5) is 35.3. The number of nitrogens with zero attached hydrogens (tertiary/aromatic N) is 1. The number of hydrogen-bond donors (Lipinski definition) is 3. The Hall–Kier alpha value is -1.83. The van der Waals surface area contributed by atoms with Crippen LogP contribution >= 0.6 is 0 Å². The Morgan fingerprint density at radius 3 is 2.55 bits per heavy atom. The van der Waals surface area contributed by atoms with Gasteiger partial charge < -0.3 is 25.4 Å². The highest BCUT2D eigenvalue weighted by atomic mass is 16.5. The fourth-order valence-corrected chi connectivity index (χ4v) is 1.92. The molecular formula is C12H21N3O5. The second kappa shape index (κ2) is 8.36. The molecule has 1 saturated heterocycles. The lowest BCUT2D eigenvalue weighted by molar-refractivity contribution is -0.142. The minimum Gasteiger partial charge on any atom is -0.480 e. The molecule has 8 heteroatoms. The van der Waals surface area contributed by atoms with E-state index in [0.29, 0.717) is 0 Å². The summed E-state index contributed by atoms with van der Waals surface area (Å²) in [7, 11) is 0. The first-order valence-corrected chi connectivity index (χ1v) is 6.63. The summed E-state index contributed by atoms with van der Waals surface area (Å²) in [5, 5.41) is 13.4. The molecule has 3 N–H and O–H groups in total. The number of aliphatic carboxylic acids is 1. The number of carbonyl (C=O) groups excluding carboxylic acids is 2. The van der Waals surface area contributed by atoms with Crippen molar-refractivity contribution in [2.24, 2.45) is 0 Å². The van der Waals surface area contributed by atoms with Gasteiger partial charge in [0.1, 0.15) is 12.6 Å². The lowest BCUT2D eigenvalue weighted by Gasteiger charge is -2.21. The maximum Gasteiger partial charge on any atom is 0.329 e. The van der Waals surface area contributed by atoms with Crippen molar-refractivity contribution in [3.63, 3.8) is 0 Å². The van der Waals surface area contributed by atoms with Crippen molar-refractivity contribution in [1.82, 2.24) is 15.5 Å². The zero-order valence-corrected chi connectivity index (χ0v) is 11.6. The summed E-state index contributed by atoms with van der Waals surface area (Å²) in [5.74, 6) is -1.14. The van der Waals surface area contributed by atoms with E-state index in [1.165, 1.54) is 0 Å². The van der Waals surface area contributed by atoms with Crippen LogP contribution in [0, 0.1) is 0 Å². The summed E-state index contributed by atoms with van der Waals surface area (Å²) >= 11 is 0. The van der Waals surface area contributed by atoms with Crippen LogP contribution in [0.15, 0.2) is 0 Å². The van der Waals surface area contributed by atoms with Crippen LogP contribution in [-0.2, 0) is 14.3 Å². The lowest BCUT2D eigenvalue weighted by Crippen LogP contribution is -2.49. The third-order valence-electron chi connectivity index (χ3n) is 2.89. The van der Waals surface area contributed by atoms with E-state index in [-0.39, 0.29) is 19.1 Å². The Morgan fingerprint density at radius 1 is 1.30 bits per heavy atom. The molecule has 1 aliphatic heterocycles. The summed E-state index contributed by atoms with van der Waals surface area (Å²) in [5.41, 5.74) is 0. The molecule has 0 spiro atoms. The van der Waals surface area contributed by atoms with E-state index in [4.69, 9.17) is 9.84 Å². The average molecular weight is 287 g/mol. The van der Waals surface area contributed by atoms with Crippen LogP contribution in [0.1, 0.15) is 19.8 Å². The number of carboxylic acids is 1. The van der Waals surface area contributed by atoms with Gasteiger partial charge in [0.2, 0.25) is 5.91 Å². The summed E-state index contributed by atoms with van der Waals surface area (Å²) in [6, 6.07) is -1.04. The molecule has 1 rings (SSSR count). The molecule has 0 saturated carbocycles. The monoisotopic (exact) mass is 287 g/mol. The summed E-state index contributed by atoms with van der Waals surface area (Å²) in [6.45, 7) is 3.03. The Kier molecular flexibility index (Phi) is 6.78. The first-order valence-electron chi connectivity index (χ1n) is 6.63. The number of rotatable bonds is 7. The zero-order valence-electron chi connectivity index (χ0n) is 11.6. The van der Waals surface area contributed by atoms with Crippen LogP contribution < -0.4 is 10.6 Å². The molecule has 1 aliphatic rings. The van der Waals surface area contributed by atoms with Gasteiger partial charge in [0.25, 0.3) is 0 Å². The van der Waals surface area contributed by atoms with E-state index in [9.17, 15) is 14.4 Å². The van der Waals surface area contributed by atoms with Crippen molar-refractivity contribution >= 4 is 17.9 Å². The Balaban J connectivity index is 2.14. The van der Waals surface area contributed by atoms with Crippen molar-refractivity contribution in [2.75, 3.05) is 32.8 Å². The second-order valence-electron chi connectivity index (χ2n) is 4.60. The number of ether oxygens (including phenoxy) is 1. The van der Waals surface area contributed by atoms with Gasteiger partial charge in [-0.3, -0.25) is 4.79 Å². The molecule has 0 bridgehead atoms. The molecule has 1 heterocycles. The van der Waals surface area contributed by atoms with Crippen LogP contribution in [0.25, 0.3) is 0 Å². The van der Waals surface area contributed by atoms with Crippen molar-refractivity contribution in [1.29, 1.82) is 0 Å². The molecule has 0 aliphatic carbocycles. The molecular weight excluding hydrogens is 266 g/mol. The minimum absolute atomic E-state index is 0.0835. The van der Waals surface area contributed by atoms with E-state index in [1.807, 2.05) is 0 Å². The fraction of sp³-hybridized carbons (Fsp3) is 0.750. The van der Waals surface area contributed by atoms with E-state index in [0.717, 1.165) is 25.9 Å². The topological polar surface area (TPSA) is 108 Å². The molecule has 0 aromatic carbocycles. The highest BCUT2D eigenvalue weighted by Crippen LogP contribution is 2.08. The predicted octanol–water partition coefficient (Wildman–Crippen LogP) is -0.602. The van der Waals surface area contributed by atoms with E-state index in [2.05, 4.69) is 10.6 Å². The third kappa shape index (κ3) is 5.87. The highest BCUT2D eigenvalue weighted by Gasteiger charge is 2.24. The largest absolute Gasteiger partial charge is 0.480 e. The molecule has 8 nitrogen and oxygen atoms in total. The van der Waals surface area contributed by atoms with Crippen LogP contribution in [-0.4, -0.2) is 66.8 Å². The van der Waals surface area contributed by atoms with Gasteiger partial charge in [-0.1, -0.05) is 0 Å². The third-order valence-corrected chi connectivity index (χ3v) is 2.89. The number of hydrogen-bond acceptors (Lipinski definition) is 4. The molecule has 20 heavy (non-hydrogen) atoms. The predicted molar refractivity (Wildman–Crippen MR) is 70.3 cm³/mol. The molecule has 1 atom stereocenters. The number of likely N-dealkylation sites (tertiary alicyclic amines) is 1. The minimum atomic E-state index is -1.06. The van der Waals surface area contributed by atoms with Crippen LogP contribution in [0.2, 0.25) is 0 Å². The number of amides is 3. The van der Waals surface area contributed by atoms with Gasteiger partial charge in [-0.05, 0) is 19.8 Å². The molecule has 1 unspecified atom stereocenters. The van der Waals surface area contributed by atoms with Crippen molar-refractivity contribution in [3.05, 3.63) is 0 Å². The number of urea groups is 1. The zero-order chi connectivity index (χ0) is 15.0. The van der Waals surface area contributed by atoms with Gasteiger partial charge in [0.15, 0.2) is 0 Å². The Bertz CT molecular complexity index is 355. The van der Waals surface area contributed by atoms with Crippen LogP contribution in [0.3, 0.4) is 0 Å². The number of carboxylic acid groups (broad SMARTS) is 1. The number of nitrogens with one attached hydrogen (secondary N) is 2. The Labute approximate surface area is 117 Å². The van der Waals surface area contributed by atoms with Crippen molar-refractivity contribution < 1.29 is 24.2 Å². The lowest BCUT2D eigenvalue weighted by atomic mass is 10.3. The maximum absolute atomic E-state index is 11.9. The molecule has 1 fully saturated rings. The summed E-state index contributed by atoms with van der Waals surface area (Å²) < 4.78 is 4.76. The average Bonchev–Trinajstić information content (AvgIpc) is 2.90. The molecule has 0 radical (unpaired) electrons.